The molecule has 1 saturated carbocycles. The molecule has 0 aromatic heterocycles. The number of hydroxylamine groups is 2. The summed E-state index contributed by atoms with van der Waals surface area (Å²) in [6, 6.07) is 0.0969. The van der Waals surface area contributed by atoms with E-state index in [1.165, 1.54) is 5.06 Å². The number of aliphatic hydroxyl groups is 1. The first-order valence-corrected chi connectivity index (χ1v) is 8.09. The summed E-state index contributed by atoms with van der Waals surface area (Å²) >= 11 is 0. The first-order chi connectivity index (χ1) is 9.62. The van der Waals surface area contributed by atoms with Gasteiger partial charge in [-0.1, -0.05) is 0 Å². The van der Waals surface area contributed by atoms with Crippen molar-refractivity contribution in [3.8, 4) is 0 Å². The number of hydrogen-bond acceptors (Lipinski definition) is 4. The topological polar surface area (TPSA) is 72.8 Å². The molecule has 2 atom stereocenters. The molecule has 0 aromatic carbocycles. The van der Waals surface area contributed by atoms with Crippen LogP contribution in [0.1, 0.15) is 66.2 Å². The minimum atomic E-state index is -0.407. The summed E-state index contributed by atoms with van der Waals surface area (Å²) in [5.41, 5.74) is -0.814. The van der Waals surface area contributed by atoms with Crippen LogP contribution in [0.5, 0.6) is 0 Å². The Morgan fingerprint density at radius 1 is 1.14 bits per heavy atom. The second-order valence-electron chi connectivity index (χ2n) is 8.07. The van der Waals surface area contributed by atoms with Gasteiger partial charge in [-0.05, 0) is 66.2 Å². The number of amides is 1. The zero-order chi connectivity index (χ0) is 15.8. The van der Waals surface area contributed by atoms with Gasteiger partial charge in [0.1, 0.15) is 0 Å². The number of carbonyl (C=O) groups excluding carboxylic acids is 1. The van der Waals surface area contributed by atoms with E-state index in [1.54, 1.807) is 0 Å². The predicted octanol–water partition coefficient (Wildman–Crippen LogP) is 2.06. The Morgan fingerprint density at radius 2 is 1.71 bits per heavy atom. The van der Waals surface area contributed by atoms with Crippen LogP contribution in [0.2, 0.25) is 0 Å². The van der Waals surface area contributed by atoms with Gasteiger partial charge >= 0.3 is 0 Å². The Hall–Kier alpha value is -0.650. The van der Waals surface area contributed by atoms with E-state index in [0.717, 1.165) is 19.3 Å². The van der Waals surface area contributed by atoms with Gasteiger partial charge < -0.3 is 15.6 Å². The third-order valence-corrected chi connectivity index (χ3v) is 5.00. The van der Waals surface area contributed by atoms with Crippen molar-refractivity contribution in [3.05, 3.63) is 0 Å². The van der Waals surface area contributed by atoms with E-state index in [-0.39, 0.29) is 24.0 Å². The van der Waals surface area contributed by atoms with Crippen molar-refractivity contribution in [1.82, 2.24) is 10.4 Å². The molecule has 0 radical (unpaired) electrons. The summed E-state index contributed by atoms with van der Waals surface area (Å²) in [7, 11) is 0. The highest BCUT2D eigenvalue weighted by atomic mass is 16.5. The van der Waals surface area contributed by atoms with Crippen molar-refractivity contribution in [2.75, 3.05) is 0 Å². The summed E-state index contributed by atoms with van der Waals surface area (Å²) in [6.45, 7) is 7.88. The lowest BCUT2D eigenvalue weighted by Gasteiger charge is -2.51. The van der Waals surface area contributed by atoms with Gasteiger partial charge in [0.25, 0.3) is 0 Å². The summed E-state index contributed by atoms with van der Waals surface area (Å²) < 4.78 is 0. The van der Waals surface area contributed by atoms with E-state index >= 15 is 0 Å². The van der Waals surface area contributed by atoms with Gasteiger partial charge in [-0.2, -0.15) is 5.06 Å². The van der Waals surface area contributed by atoms with E-state index in [0.29, 0.717) is 19.3 Å². The Balaban J connectivity index is 1.99. The molecule has 2 rings (SSSR count). The highest BCUT2D eigenvalue weighted by Crippen LogP contribution is 2.40. The van der Waals surface area contributed by atoms with Crippen molar-refractivity contribution in [2.24, 2.45) is 5.92 Å². The lowest BCUT2D eigenvalue weighted by Crippen LogP contribution is -2.61. The van der Waals surface area contributed by atoms with Crippen molar-refractivity contribution in [2.45, 2.75) is 89.4 Å². The highest BCUT2D eigenvalue weighted by Gasteiger charge is 2.47. The van der Waals surface area contributed by atoms with E-state index < -0.39 is 11.1 Å². The van der Waals surface area contributed by atoms with Gasteiger partial charge in [0, 0.05) is 23.0 Å². The fourth-order valence-electron chi connectivity index (χ4n) is 4.07. The molecular formula is C16H30N2O3. The zero-order valence-corrected chi connectivity index (χ0v) is 13.7. The third-order valence-electron chi connectivity index (χ3n) is 5.00. The van der Waals surface area contributed by atoms with E-state index in [1.807, 2.05) is 27.7 Å². The van der Waals surface area contributed by atoms with Crippen molar-refractivity contribution in [3.63, 3.8) is 0 Å². The molecule has 1 heterocycles. The number of nitrogens with zero attached hydrogens (tertiary/aromatic N) is 1. The molecule has 1 aliphatic heterocycles. The quantitative estimate of drug-likeness (QED) is 0.729. The van der Waals surface area contributed by atoms with Gasteiger partial charge in [-0.3, -0.25) is 4.79 Å². The smallest absolute Gasteiger partial charge is 0.223 e. The standard InChI is InChI=1S/C16H30N2O3/c1-15(2)9-11(10-16(3,4)18(15)21)14(20)17-12-6-5-7-13(19)8-12/h11-13,19,21H,5-10H2,1-4H3,(H,17,20). The first kappa shape index (κ1) is 16.7. The van der Waals surface area contributed by atoms with Gasteiger partial charge in [-0.25, -0.2) is 0 Å². The fraction of sp³-hybridized carbons (Fsp3) is 0.938. The van der Waals surface area contributed by atoms with Crippen molar-refractivity contribution >= 4 is 5.91 Å². The molecule has 2 unspecified atom stereocenters. The molecule has 2 aliphatic rings. The fourth-order valence-corrected chi connectivity index (χ4v) is 4.07. The van der Waals surface area contributed by atoms with Crippen molar-refractivity contribution in [1.29, 1.82) is 0 Å². The maximum Gasteiger partial charge on any atom is 0.223 e. The molecule has 5 heteroatoms. The maximum atomic E-state index is 12.6. The number of rotatable bonds is 2. The molecule has 0 bridgehead atoms. The molecule has 122 valence electrons. The zero-order valence-electron chi connectivity index (χ0n) is 13.7. The Bertz CT molecular complexity index is 377. The predicted molar refractivity (Wildman–Crippen MR) is 80.9 cm³/mol. The van der Waals surface area contributed by atoms with Gasteiger partial charge in [-0.15, -0.1) is 0 Å². The largest absolute Gasteiger partial charge is 0.393 e. The monoisotopic (exact) mass is 298 g/mol. The second kappa shape index (κ2) is 5.86. The maximum absolute atomic E-state index is 12.6. The van der Waals surface area contributed by atoms with Crippen LogP contribution in [0.3, 0.4) is 0 Å². The Labute approximate surface area is 127 Å². The number of carbonyl (C=O) groups is 1. The van der Waals surface area contributed by atoms with Crippen LogP contribution in [0, 0.1) is 5.92 Å². The molecular weight excluding hydrogens is 268 g/mol. The van der Waals surface area contributed by atoms with Gasteiger partial charge in [0.15, 0.2) is 0 Å². The second-order valence-corrected chi connectivity index (χ2v) is 8.07. The molecule has 21 heavy (non-hydrogen) atoms. The Morgan fingerprint density at radius 3 is 2.24 bits per heavy atom. The number of nitrogens with one attached hydrogen (secondary N) is 1. The minimum Gasteiger partial charge on any atom is -0.393 e. The van der Waals surface area contributed by atoms with Crippen LogP contribution in [0.25, 0.3) is 0 Å². The molecule has 1 saturated heterocycles. The average molecular weight is 298 g/mol. The van der Waals surface area contributed by atoms with E-state index in [2.05, 4.69) is 5.32 Å². The van der Waals surface area contributed by atoms with Gasteiger partial charge in [0.2, 0.25) is 5.91 Å². The van der Waals surface area contributed by atoms with Crippen LogP contribution < -0.4 is 5.32 Å². The number of piperidine rings is 1. The molecule has 1 amide bonds. The summed E-state index contributed by atoms with van der Waals surface area (Å²) in [6.07, 6.45) is 4.44. The van der Waals surface area contributed by atoms with E-state index in [9.17, 15) is 15.1 Å². The van der Waals surface area contributed by atoms with Crippen LogP contribution in [0.4, 0.5) is 0 Å². The molecule has 5 nitrogen and oxygen atoms in total. The van der Waals surface area contributed by atoms with Crippen LogP contribution >= 0.6 is 0 Å². The molecule has 3 N–H and O–H groups in total. The lowest BCUT2D eigenvalue weighted by atomic mass is 9.75. The van der Waals surface area contributed by atoms with E-state index in [4.69, 9.17) is 0 Å². The van der Waals surface area contributed by atoms with Gasteiger partial charge in [0.05, 0.1) is 6.10 Å². The average Bonchev–Trinajstić information content (AvgIpc) is 2.35. The molecule has 2 fully saturated rings. The third kappa shape index (κ3) is 3.76. The number of hydrogen-bond donors (Lipinski definition) is 3. The van der Waals surface area contributed by atoms with Crippen LogP contribution in [-0.4, -0.2) is 44.5 Å². The summed E-state index contributed by atoms with van der Waals surface area (Å²) in [5, 5.41) is 24.5. The van der Waals surface area contributed by atoms with Crippen molar-refractivity contribution < 1.29 is 15.1 Å². The molecule has 0 aromatic rings. The summed E-state index contributed by atoms with van der Waals surface area (Å²) in [4.78, 5) is 12.6. The van der Waals surface area contributed by atoms with Crippen LogP contribution in [-0.2, 0) is 4.79 Å². The highest BCUT2D eigenvalue weighted by molar-refractivity contribution is 5.79. The molecule has 0 spiro atoms. The minimum absolute atomic E-state index is 0.0725. The van der Waals surface area contributed by atoms with Crippen LogP contribution in [0.15, 0.2) is 0 Å². The first-order valence-electron chi connectivity index (χ1n) is 8.09. The Kier molecular flexibility index (Phi) is 4.66. The molecule has 1 aliphatic carbocycles. The SMILES string of the molecule is CC1(C)CC(C(=O)NC2CCCC(O)C2)CC(C)(C)N1O. The summed E-state index contributed by atoms with van der Waals surface area (Å²) in [5.74, 6) is -0.0131. The lowest BCUT2D eigenvalue weighted by molar-refractivity contribution is -0.249. The normalized spacial score (nSPS) is 33.6. The number of aliphatic hydroxyl groups excluding tert-OH is 1.